The maximum Gasteiger partial charge on any atom is 0.0335 e. The van der Waals surface area contributed by atoms with E-state index in [4.69, 9.17) is 0 Å². The molecule has 0 radical (unpaired) electrons. The molecule has 1 aromatic rings. The lowest BCUT2D eigenvalue weighted by Crippen LogP contribution is -2.32. The Hall–Kier alpha value is -0.930. The Kier molecular flexibility index (Phi) is 4.31. The number of aromatic nitrogens is 1. The van der Waals surface area contributed by atoms with Crippen LogP contribution in [-0.4, -0.2) is 25.1 Å². The van der Waals surface area contributed by atoms with Gasteiger partial charge in [0, 0.05) is 18.4 Å². The van der Waals surface area contributed by atoms with Gasteiger partial charge in [-0.1, -0.05) is 6.07 Å². The second-order valence-electron chi connectivity index (χ2n) is 4.58. The summed E-state index contributed by atoms with van der Waals surface area (Å²) in [7, 11) is 2.04. The van der Waals surface area contributed by atoms with Gasteiger partial charge >= 0.3 is 0 Å². The van der Waals surface area contributed by atoms with E-state index in [0.717, 1.165) is 5.92 Å². The first kappa shape index (κ1) is 11.6. The molecular weight excluding hydrogens is 198 g/mol. The zero-order chi connectivity index (χ0) is 11.2. The molecule has 88 valence electrons. The number of piperidine rings is 1. The number of hydrogen-bond acceptors (Lipinski definition) is 3. The minimum atomic E-state index is 0.443. The summed E-state index contributed by atoms with van der Waals surface area (Å²) in [5.41, 5.74) is 1.30. The molecule has 2 atom stereocenters. The Morgan fingerprint density at radius 2 is 2.56 bits per heavy atom. The van der Waals surface area contributed by atoms with Gasteiger partial charge in [0.2, 0.25) is 0 Å². The highest BCUT2D eigenvalue weighted by molar-refractivity contribution is 5.13. The van der Waals surface area contributed by atoms with Gasteiger partial charge in [0.05, 0.1) is 0 Å². The summed E-state index contributed by atoms with van der Waals surface area (Å²) in [6, 6.07) is 4.61. The largest absolute Gasteiger partial charge is 0.316 e. The lowest BCUT2D eigenvalue weighted by Gasteiger charge is -2.27. The fourth-order valence-corrected chi connectivity index (χ4v) is 2.46. The van der Waals surface area contributed by atoms with Crippen LogP contribution in [0, 0.1) is 5.92 Å². The Labute approximate surface area is 97.7 Å². The Morgan fingerprint density at radius 1 is 1.62 bits per heavy atom. The summed E-state index contributed by atoms with van der Waals surface area (Å²) in [6.07, 6.45) is 7.67. The third-order valence-electron chi connectivity index (χ3n) is 3.40. The molecular formula is C13H21N3. The Balaban J connectivity index is 1.94. The van der Waals surface area contributed by atoms with Crippen molar-refractivity contribution in [2.45, 2.75) is 25.3 Å². The average molecular weight is 219 g/mol. The highest BCUT2D eigenvalue weighted by Crippen LogP contribution is 2.24. The van der Waals surface area contributed by atoms with E-state index in [1.807, 2.05) is 25.5 Å². The van der Waals surface area contributed by atoms with Gasteiger partial charge in [-0.3, -0.25) is 4.98 Å². The fraction of sp³-hybridized carbons (Fsp3) is 0.615. The molecule has 1 aromatic heterocycles. The quantitative estimate of drug-likeness (QED) is 0.810. The molecule has 0 spiro atoms. The van der Waals surface area contributed by atoms with Gasteiger partial charge in [0.15, 0.2) is 0 Å². The van der Waals surface area contributed by atoms with E-state index in [0.29, 0.717) is 6.04 Å². The van der Waals surface area contributed by atoms with Crippen LogP contribution < -0.4 is 10.6 Å². The van der Waals surface area contributed by atoms with Crippen LogP contribution in [0.4, 0.5) is 0 Å². The lowest BCUT2D eigenvalue weighted by atomic mass is 9.90. The summed E-state index contributed by atoms with van der Waals surface area (Å²) in [4.78, 5) is 4.19. The third-order valence-corrected chi connectivity index (χ3v) is 3.40. The van der Waals surface area contributed by atoms with E-state index < -0.39 is 0 Å². The summed E-state index contributed by atoms with van der Waals surface area (Å²) in [6.45, 7) is 2.35. The van der Waals surface area contributed by atoms with Crippen LogP contribution in [0.1, 0.15) is 30.9 Å². The third kappa shape index (κ3) is 3.03. The molecule has 1 aliphatic rings. The molecule has 2 N–H and O–H groups in total. The zero-order valence-electron chi connectivity index (χ0n) is 9.95. The Morgan fingerprint density at radius 3 is 3.19 bits per heavy atom. The topological polar surface area (TPSA) is 37.0 Å². The molecule has 1 aliphatic heterocycles. The van der Waals surface area contributed by atoms with Crippen molar-refractivity contribution in [1.82, 2.24) is 15.6 Å². The second-order valence-corrected chi connectivity index (χ2v) is 4.58. The van der Waals surface area contributed by atoms with E-state index in [2.05, 4.69) is 21.7 Å². The molecule has 2 heterocycles. The van der Waals surface area contributed by atoms with Crippen LogP contribution in [0.2, 0.25) is 0 Å². The van der Waals surface area contributed by atoms with Gasteiger partial charge in [-0.05, 0) is 56.9 Å². The zero-order valence-corrected chi connectivity index (χ0v) is 9.95. The molecule has 3 nitrogen and oxygen atoms in total. The normalized spacial score (nSPS) is 22.9. The summed E-state index contributed by atoms with van der Waals surface area (Å²) < 4.78 is 0. The summed E-state index contributed by atoms with van der Waals surface area (Å²) >= 11 is 0. The van der Waals surface area contributed by atoms with Crippen molar-refractivity contribution >= 4 is 0 Å². The van der Waals surface area contributed by atoms with E-state index >= 15 is 0 Å². The van der Waals surface area contributed by atoms with E-state index in [-0.39, 0.29) is 0 Å². The van der Waals surface area contributed by atoms with Gasteiger partial charge in [-0.25, -0.2) is 0 Å². The van der Waals surface area contributed by atoms with Crippen molar-refractivity contribution in [3.8, 4) is 0 Å². The number of hydrogen-bond donors (Lipinski definition) is 2. The van der Waals surface area contributed by atoms with Crippen molar-refractivity contribution in [2.24, 2.45) is 5.92 Å². The molecule has 0 aliphatic carbocycles. The maximum absolute atomic E-state index is 4.19. The van der Waals surface area contributed by atoms with Gasteiger partial charge < -0.3 is 10.6 Å². The molecule has 16 heavy (non-hydrogen) atoms. The molecule has 0 bridgehead atoms. The number of nitrogens with one attached hydrogen (secondary N) is 2. The monoisotopic (exact) mass is 219 g/mol. The Bertz CT molecular complexity index is 293. The molecule has 0 aromatic carbocycles. The highest BCUT2D eigenvalue weighted by Gasteiger charge is 2.18. The maximum atomic E-state index is 4.19. The van der Waals surface area contributed by atoms with Crippen LogP contribution in [-0.2, 0) is 0 Å². The van der Waals surface area contributed by atoms with Crippen LogP contribution in [0.15, 0.2) is 24.5 Å². The van der Waals surface area contributed by atoms with Gasteiger partial charge in [0.25, 0.3) is 0 Å². The predicted molar refractivity (Wildman–Crippen MR) is 66.2 cm³/mol. The van der Waals surface area contributed by atoms with E-state index in [1.165, 1.54) is 37.9 Å². The van der Waals surface area contributed by atoms with Crippen LogP contribution >= 0.6 is 0 Å². The van der Waals surface area contributed by atoms with Crippen molar-refractivity contribution < 1.29 is 0 Å². The fourth-order valence-electron chi connectivity index (χ4n) is 2.46. The smallest absolute Gasteiger partial charge is 0.0335 e. The second kappa shape index (κ2) is 5.97. The van der Waals surface area contributed by atoms with Crippen molar-refractivity contribution in [3.63, 3.8) is 0 Å². The first-order valence-electron chi connectivity index (χ1n) is 6.18. The number of nitrogens with zero attached hydrogens (tertiary/aromatic N) is 1. The SMILES string of the molecule is CNC(CC1CCCNC1)c1cccnc1. The molecule has 2 rings (SSSR count). The minimum Gasteiger partial charge on any atom is -0.316 e. The number of rotatable bonds is 4. The molecule has 3 heteroatoms. The van der Waals surface area contributed by atoms with Gasteiger partial charge in [0.1, 0.15) is 0 Å². The van der Waals surface area contributed by atoms with E-state index in [9.17, 15) is 0 Å². The van der Waals surface area contributed by atoms with Gasteiger partial charge in [-0.15, -0.1) is 0 Å². The predicted octanol–water partition coefficient (Wildman–Crippen LogP) is 1.73. The van der Waals surface area contributed by atoms with Crippen molar-refractivity contribution in [3.05, 3.63) is 30.1 Å². The van der Waals surface area contributed by atoms with Crippen LogP contribution in [0.3, 0.4) is 0 Å². The molecule has 0 saturated carbocycles. The van der Waals surface area contributed by atoms with Crippen LogP contribution in [0.25, 0.3) is 0 Å². The van der Waals surface area contributed by atoms with Gasteiger partial charge in [-0.2, -0.15) is 0 Å². The van der Waals surface area contributed by atoms with E-state index in [1.54, 1.807) is 0 Å². The molecule has 0 amide bonds. The van der Waals surface area contributed by atoms with Crippen molar-refractivity contribution in [1.29, 1.82) is 0 Å². The lowest BCUT2D eigenvalue weighted by molar-refractivity contribution is 0.322. The first-order valence-corrected chi connectivity index (χ1v) is 6.18. The summed E-state index contributed by atoms with van der Waals surface area (Å²) in [5, 5.41) is 6.87. The first-order chi connectivity index (χ1) is 7.90. The molecule has 2 unspecified atom stereocenters. The van der Waals surface area contributed by atoms with Crippen LogP contribution in [0.5, 0.6) is 0 Å². The molecule has 1 saturated heterocycles. The van der Waals surface area contributed by atoms with Crippen molar-refractivity contribution in [2.75, 3.05) is 20.1 Å². The molecule has 1 fully saturated rings. The average Bonchev–Trinajstić information content (AvgIpc) is 2.38. The number of pyridine rings is 1. The highest BCUT2D eigenvalue weighted by atomic mass is 14.9. The standard InChI is InChI=1S/C13H21N3/c1-14-13(12-5-3-7-16-10-12)8-11-4-2-6-15-9-11/h3,5,7,10-11,13-15H,2,4,6,8-9H2,1H3. The summed E-state index contributed by atoms with van der Waals surface area (Å²) in [5.74, 6) is 0.798. The minimum absolute atomic E-state index is 0.443.